The van der Waals surface area contributed by atoms with Gasteiger partial charge in [0.15, 0.2) is 11.5 Å². The Morgan fingerprint density at radius 1 is 1.34 bits per heavy atom. The van der Waals surface area contributed by atoms with E-state index in [1.165, 1.54) is 6.07 Å². The van der Waals surface area contributed by atoms with Crippen LogP contribution in [0.5, 0.6) is 11.5 Å². The number of para-hydroxylation sites is 1. The second-order valence-electron chi connectivity index (χ2n) is 6.71. The number of pyridine rings is 1. The first-order chi connectivity index (χ1) is 14.1. The van der Waals surface area contributed by atoms with Gasteiger partial charge in [0.05, 0.1) is 25.3 Å². The number of aromatic nitrogens is 3. The second kappa shape index (κ2) is 8.14. The lowest BCUT2D eigenvalue weighted by atomic mass is 9.95. The van der Waals surface area contributed by atoms with Crippen LogP contribution in [0.3, 0.4) is 0 Å². The number of carbonyl (C=O) groups is 1. The average molecular weight is 392 g/mol. The molecular weight excluding hydrogens is 372 g/mol. The van der Waals surface area contributed by atoms with E-state index in [4.69, 9.17) is 9.47 Å². The van der Waals surface area contributed by atoms with Crippen LogP contribution in [-0.2, 0) is 17.8 Å². The minimum atomic E-state index is -0.325. The van der Waals surface area contributed by atoms with Gasteiger partial charge < -0.3 is 19.8 Å². The van der Waals surface area contributed by atoms with Crippen molar-refractivity contribution in [3.8, 4) is 22.9 Å². The fourth-order valence-corrected chi connectivity index (χ4v) is 3.28. The Hall–Kier alpha value is -3.68. The lowest BCUT2D eigenvalue weighted by molar-refractivity contribution is -0.126. The summed E-state index contributed by atoms with van der Waals surface area (Å²) >= 11 is 0. The number of hydrogen-bond acceptors (Lipinski definition) is 6. The summed E-state index contributed by atoms with van der Waals surface area (Å²) in [6.45, 7) is 0.417. The molecule has 0 fully saturated rings. The Labute approximate surface area is 166 Å². The maximum atomic E-state index is 12.6. The topological polar surface area (TPSA) is 106 Å². The number of ether oxygens (including phenoxy) is 2. The van der Waals surface area contributed by atoms with Gasteiger partial charge >= 0.3 is 0 Å². The molecule has 0 saturated heterocycles. The zero-order valence-electron chi connectivity index (χ0n) is 15.8. The summed E-state index contributed by atoms with van der Waals surface area (Å²) in [6, 6.07) is 10.6. The van der Waals surface area contributed by atoms with Crippen molar-refractivity contribution in [1.82, 2.24) is 20.3 Å². The summed E-state index contributed by atoms with van der Waals surface area (Å²) in [6.07, 6.45) is 3.82. The third-order valence-corrected chi connectivity index (χ3v) is 4.72. The molecule has 8 nitrogen and oxygen atoms in total. The molecule has 148 valence electrons. The van der Waals surface area contributed by atoms with E-state index in [1.54, 1.807) is 31.6 Å². The highest BCUT2D eigenvalue weighted by Gasteiger charge is 2.27. The molecule has 0 spiro atoms. The quantitative estimate of drug-likeness (QED) is 0.685. The van der Waals surface area contributed by atoms with Crippen molar-refractivity contribution < 1.29 is 14.3 Å². The lowest BCUT2D eigenvalue weighted by Gasteiger charge is -2.25. The van der Waals surface area contributed by atoms with Crippen LogP contribution in [0.15, 0.2) is 53.6 Å². The van der Waals surface area contributed by atoms with Gasteiger partial charge in [-0.25, -0.2) is 4.98 Å². The van der Waals surface area contributed by atoms with Gasteiger partial charge in [-0.1, -0.05) is 12.1 Å². The lowest BCUT2D eigenvalue weighted by Crippen LogP contribution is -2.37. The molecule has 1 aliphatic heterocycles. The van der Waals surface area contributed by atoms with E-state index in [2.05, 4.69) is 20.3 Å². The van der Waals surface area contributed by atoms with E-state index in [1.807, 2.05) is 18.2 Å². The summed E-state index contributed by atoms with van der Waals surface area (Å²) in [4.78, 5) is 35.7. The van der Waals surface area contributed by atoms with E-state index in [0.717, 1.165) is 5.56 Å². The Morgan fingerprint density at radius 3 is 3.03 bits per heavy atom. The molecule has 29 heavy (non-hydrogen) atoms. The SMILES string of the molecule is COc1cccc2c1OCC(C(=O)NCc1cc(=O)[nH]c(-c3cccnc3)n1)C2. The van der Waals surface area contributed by atoms with E-state index in [0.29, 0.717) is 35.0 Å². The number of amides is 1. The van der Waals surface area contributed by atoms with Crippen LogP contribution in [0.25, 0.3) is 11.4 Å². The molecule has 1 unspecified atom stereocenters. The summed E-state index contributed by atoms with van der Waals surface area (Å²) in [7, 11) is 1.59. The molecule has 0 aliphatic carbocycles. The van der Waals surface area contributed by atoms with Crippen LogP contribution < -0.4 is 20.3 Å². The van der Waals surface area contributed by atoms with Crippen molar-refractivity contribution in [3.63, 3.8) is 0 Å². The molecule has 4 rings (SSSR count). The minimum absolute atomic E-state index is 0.150. The molecule has 0 saturated carbocycles. The largest absolute Gasteiger partial charge is 0.493 e. The zero-order valence-corrected chi connectivity index (χ0v) is 15.8. The Bertz CT molecular complexity index is 1080. The fraction of sp³-hybridized carbons (Fsp3) is 0.238. The highest BCUT2D eigenvalue weighted by molar-refractivity contribution is 5.79. The first-order valence-electron chi connectivity index (χ1n) is 9.21. The smallest absolute Gasteiger partial charge is 0.251 e. The molecule has 2 N–H and O–H groups in total. The maximum Gasteiger partial charge on any atom is 0.251 e. The highest BCUT2D eigenvalue weighted by atomic mass is 16.5. The predicted molar refractivity (Wildman–Crippen MR) is 106 cm³/mol. The van der Waals surface area contributed by atoms with Gasteiger partial charge in [0.1, 0.15) is 12.4 Å². The van der Waals surface area contributed by atoms with E-state index < -0.39 is 0 Å². The number of fused-ring (bicyclic) bond motifs is 1. The molecule has 0 radical (unpaired) electrons. The number of methoxy groups -OCH3 is 1. The molecule has 1 atom stereocenters. The van der Waals surface area contributed by atoms with Crippen molar-refractivity contribution in [2.45, 2.75) is 13.0 Å². The van der Waals surface area contributed by atoms with Crippen LogP contribution in [0.2, 0.25) is 0 Å². The molecule has 3 aromatic rings. The number of benzene rings is 1. The van der Waals surface area contributed by atoms with Crippen molar-refractivity contribution in [2.75, 3.05) is 13.7 Å². The van der Waals surface area contributed by atoms with Crippen LogP contribution in [0, 0.1) is 5.92 Å². The van der Waals surface area contributed by atoms with Crippen LogP contribution in [0.4, 0.5) is 0 Å². The van der Waals surface area contributed by atoms with Crippen LogP contribution in [-0.4, -0.2) is 34.6 Å². The zero-order chi connectivity index (χ0) is 20.2. The maximum absolute atomic E-state index is 12.6. The third-order valence-electron chi connectivity index (χ3n) is 4.72. The van der Waals surface area contributed by atoms with Gasteiger partial charge in [0.2, 0.25) is 5.91 Å². The van der Waals surface area contributed by atoms with Crippen molar-refractivity contribution in [3.05, 3.63) is 70.4 Å². The van der Waals surface area contributed by atoms with Crippen LogP contribution in [0.1, 0.15) is 11.3 Å². The molecule has 3 heterocycles. The Balaban J connectivity index is 1.44. The highest BCUT2D eigenvalue weighted by Crippen LogP contribution is 2.36. The molecule has 1 aliphatic rings. The van der Waals surface area contributed by atoms with E-state index in [-0.39, 0.29) is 30.5 Å². The van der Waals surface area contributed by atoms with E-state index >= 15 is 0 Å². The van der Waals surface area contributed by atoms with E-state index in [9.17, 15) is 9.59 Å². The normalized spacial score (nSPS) is 15.1. The number of nitrogens with zero attached hydrogens (tertiary/aromatic N) is 2. The van der Waals surface area contributed by atoms with Crippen LogP contribution >= 0.6 is 0 Å². The standard InChI is InChI=1S/C21H20N4O4/c1-28-17-6-2-4-13-8-15(12-29-19(13)17)21(27)23-11-16-9-18(26)25-20(24-16)14-5-3-7-22-10-14/h2-7,9-10,15H,8,11-12H2,1H3,(H,23,27)(H,24,25,26). The van der Waals surface area contributed by atoms with Gasteiger partial charge in [0.25, 0.3) is 5.56 Å². The summed E-state index contributed by atoms with van der Waals surface area (Å²) in [5.41, 5.74) is 1.82. The summed E-state index contributed by atoms with van der Waals surface area (Å²) in [5, 5.41) is 2.85. The van der Waals surface area contributed by atoms with Crippen molar-refractivity contribution >= 4 is 5.91 Å². The molecule has 2 aromatic heterocycles. The number of nitrogens with one attached hydrogen (secondary N) is 2. The van der Waals surface area contributed by atoms with Gasteiger partial charge in [-0.3, -0.25) is 14.6 Å². The number of aromatic amines is 1. The first kappa shape index (κ1) is 18.7. The minimum Gasteiger partial charge on any atom is -0.493 e. The van der Waals surface area contributed by atoms with Crippen molar-refractivity contribution in [2.24, 2.45) is 5.92 Å². The molecular formula is C21H20N4O4. The molecule has 8 heteroatoms. The third kappa shape index (κ3) is 4.11. The monoisotopic (exact) mass is 392 g/mol. The summed E-state index contributed by atoms with van der Waals surface area (Å²) < 4.78 is 11.1. The summed E-state index contributed by atoms with van der Waals surface area (Å²) in [5.74, 6) is 1.29. The second-order valence-corrected chi connectivity index (χ2v) is 6.71. The van der Waals surface area contributed by atoms with Gasteiger partial charge in [0, 0.05) is 24.0 Å². The molecule has 1 aromatic carbocycles. The molecule has 0 bridgehead atoms. The number of H-pyrrole nitrogens is 1. The van der Waals surface area contributed by atoms with Gasteiger partial charge in [-0.15, -0.1) is 0 Å². The fourth-order valence-electron chi connectivity index (χ4n) is 3.28. The number of hydrogen-bond donors (Lipinski definition) is 2. The number of rotatable bonds is 5. The average Bonchev–Trinajstić information content (AvgIpc) is 2.76. The number of carbonyl (C=O) groups excluding carboxylic acids is 1. The Morgan fingerprint density at radius 2 is 2.24 bits per heavy atom. The van der Waals surface area contributed by atoms with Gasteiger partial charge in [-0.2, -0.15) is 0 Å². The molecule has 1 amide bonds. The van der Waals surface area contributed by atoms with Crippen molar-refractivity contribution in [1.29, 1.82) is 0 Å². The van der Waals surface area contributed by atoms with Gasteiger partial charge in [-0.05, 0) is 30.2 Å². The first-order valence-corrected chi connectivity index (χ1v) is 9.21. The predicted octanol–water partition coefficient (Wildman–Crippen LogP) is 1.71. The Kier molecular flexibility index (Phi) is 5.24.